The monoisotopic (exact) mass is 498 g/mol. The van der Waals surface area contributed by atoms with Gasteiger partial charge in [-0.05, 0) is 39.0 Å². The third-order valence-electron chi connectivity index (χ3n) is 4.29. The van der Waals surface area contributed by atoms with Crippen molar-refractivity contribution in [2.24, 2.45) is 10.9 Å². The molecule has 1 amide bonds. The fourth-order valence-corrected chi connectivity index (χ4v) is 2.40. The smallest absolute Gasteiger partial charge is 0.243 e. The summed E-state index contributed by atoms with van der Waals surface area (Å²) in [6.45, 7) is 11.2. The minimum atomic E-state index is 0. The summed E-state index contributed by atoms with van der Waals surface area (Å²) in [6.07, 6.45) is 7.19. The zero-order valence-corrected chi connectivity index (χ0v) is 20.7. The van der Waals surface area contributed by atoms with Gasteiger partial charge in [-0.2, -0.15) is 0 Å². The molecular weight excluding hydrogens is 455 g/mol. The number of nitrogens with zero attached hydrogens (tertiary/aromatic N) is 2. The number of halogens is 1. The highest BCUT2D eigenvalue weighted by atomic mass is 127. The van der Waals surface area contributed by atoms with Gasteiger partial charge in [0.25, 0.3) is 0 Å². The van der Waals surface area contributed by atoms with Gasteiger partial charge >= 0.3 is 0 Å². The van der Waals surface area contributed by atoms with Crippen molar-refractivity contribution in [2.45, 2.75) is 72.3 Å². The molecule has 0 aromatic carbocycles. The Balaban J connectivity index is 0. The Morgan fingerprint density at radius 3 is 2.37 bits per heavy atom. The molecule has 0 saturated carbocycles. The van der Waals surface area contributed by atoms with Gasteiger partial charge in [0.2, 0.25) is 5.91 Å². The van der Waals surface area contributed by atoms with E-state index >= 15 is 0 Å². The molecule has 0 aromatic rings. The van der Waals surface area contributed by atoms with E-state index in [4.69, 9.17) is 4.74 Å². The molecule has 7 heteroatoms. The van der Waals surface area contributed by atoms with Gasteiger partial charge in [-0.3, -0.25) is 4.79 Å². The average Bonchev–Trinajstić information content (AvgIpc) is 2.60. The van der Waals surface area contributed by atoms with Gasteiger partial charge in [0.05, 0.1) is 6.10 Å². The maximum absolute atomic E-state index is 11.8. The molecule has 1 atom stereocenters. The first-order valence-corrected chi connectivity index (χ1v) is 10.2. The first kappa shape index (κ1) is 28.6. The van der Waals surface area contributed by atoms with Crippen molar-refractivity contribution in [3.8, 4) is 0 Å². The van der Waals surface area contributed by atoms with Crippen LogP contribution < -0.4 is 10.6 Å². The van der Waals surface area contributed by atoms with E-state index < -0.39 is 0 Å². The minimum absolute atomic E-state index is 0. The highest BCUT2D eigenvalue weighted by molar-refractivity contribution is 14.0. The number of unbranched alkanes of at least 4 members (excludes halogenated alkanes) is 2. The van der Waals surface area contributed by atoms with Crippen LogP contribution in [0.15, 0.2) is 4.99 Å². The number of guanidine groups is 1. The summed E-state index contributed by atoms with van der Waals surface area (Å²) in [7, 11) is 3.51. The fourth-order valence-electron chi connectivity index (χ4n) is 2.40. The van der Waals surface area contributed by atoms with Crippen molar-refractivity contribution in [3.05, 3.63) is 0 Å². The summed E-state index contributed by atoms with van der Waals surface area (Å²) >= 11 is 0. The molecular formula is C20H43IN4O2. The molecule has 0 rings (SSSR count). The molecule has 2 N–H and O–H groups in total. The first-order valence-electron chi connectivity index (χ1n) is 10.2. The summed E-state index contributed by atoms with van der Waals surface area (Å²) in [5.41, 5.74) is 0. The summed E-state index contributed by atoms with van der Waals surface area (Å²) in [5, 5.41) is 6.77. The van der Waals surface area contributed by atoms with Crippen molar-refractivity contribution in [1.82, 2.24) is 15.5 Å². The largest absolute Gasteiger partial charge is 0.379 e. The Bertz CT molecular complexity index is 390. The summed E-state index contributed by atoms with van der Waals surface area (Å²) in [5.74, 6) is 1.39. The summed E-state index contributed by atoms with van der Waals surface area (Å²) in [4.78, 5) is 17.8. The van der Waals surface area contributed by atoms with E-state index in [0.717, 1.165) is 44.9 Å². The van der Waals surface area contributed by atoms with Gasteiger partial charge in [-0.1, -0.05) is 33.1 Å². The standard InChI is InChI=1S/C20H42N4O2.HI/c1-7-9-12-18(8-2)15-22-20(23-16-19(25)24(5)6)21-13-10-11-14-26-17(3)4;/h17-18H,7-16H2,1-6H3,(H2,21,22,23);1H. The number of ether oxygens (including phenoxy) is 1. The van der Waals surface area contributed by atoms with Crippen LogP contribution in [-0.2, 0) is 9.53 Å². The predicted molar refractivity (Wildman–Crippen MR) is 126 cm³/mol. The third-order valence-corrected chi connectivity index (χ3v) is 4.29. The normalized spacial score (nSPS) is 12.5. The van der Waals surface area contributed by atoms with Crippen LogP contribution in [0.1, 0.15) is 66.2 Å². The van der Waals surface area contributed by atoms with Crippen LogP contribution in [0.25, 0.3) is 0 Å². The average molecular weight is 498 g/mol. The lowest BCUT2D eigenvalue weighted by atomic mass is 9.99. The molecule has 6 nitrogen and oxygen atoms in total. The third kappa shape index (κ3) is 17.3. The van der Waals surface area contributed by atoms with Gasteiger partial charge in [0.15, 0.2) is 5.96 Å². The molecule has 0 aliphatic rings. The molecule has 0 spiro atoms. The van der Waals surface area contributed by atoms with Crippen molar-refractivity contribution in [2.75, 3.05) is 40.3 Å². The lowest BCUT2D eigenvalue weighted by molar-refractivity contribution is -0.127. The predicted octanol–water partition coefficient (Wildman–Crippen LogP) is 3.65. The minimum Gasteiger partial charge on any atom is -0.379 e. The number of carbonyl (C=O) groups is 1. The number of nitrogens with one attached hydrogen (secondary N) is 2. The Kier molecular flexibility index (Phi) is 19.9. The van der Waals surface area contributed by atoms with Crippen LogP contribution in [0.5, 0.6) is 0 Å². The topological polar surface area (TPSA) is 66.0 Å². The van der Waals surface area contributed by atoms with E-state index in [1.54, 1.807) is 19.0 Å². The van der Waals surface area contributed by atoms with Gasteiger partial charge < -0.3 is 20.3 Å². The van der Waals surface area contributed by atoms with Crippen molar-refractivity contribution in [1.29, 1.82) is 0 Å². The Morgan fingerprint density at radius 2 is 1.81 bits per heavy atom. The van der Waals surface area contributed by atoms with Gasteiger partial charge in [0.1, 0.15) is 6.54 Å². The molecule has 0 saturated heterocycles. The van der Waals surface area contributed by atoms with Crippen molar-refractivity contribution in [3.63, 3.8) is 0 Å². The summed E-state index contributed by atoms with van der Waals surface area (Å²) in [6, 6.07) is 0. The number of amides is 1. The van der Waals surface area contributed by atoms with E-state index in [2.05, 4.69) is 43.3 Å². The SMILES string of the molecule is CCCCC(CC)CNC(=NCC(=O)N(C)C)NCCCCOC(C)C.I. The maximum atomic E-state index is 11.8. The second kappa shape index (κ2) is 18.8. The van der Waals surface area contributed by atoms with E-state index in [1.807, 2.05) is 0 Å². The Morgan fingerprint density at radius 1 is 1.11 bits per heavy atom. The number of aliphatic imine (C=N–C) groups is 1. The van der Waals surface area contributed by atoms with E-state index in [9.17, 15) is 4.79 Å². The Labute approximate surface area is 184 Å². The van der Waals surface area contributed by atoms with Gasteiger partial charge in [-0.25, -0.2) is 4.99 Å². The molecule has 0 bridgehead atoms. The molecule has 1 unspecified atom stereocenters. The number of rotatable bonds is 14. The molecule has 0 fully saturated rings. The van der Waals surface area contributed by atoms with Crippen LogP contribution in [0.4, 0.5) is 0 Å². The van der Waals surface area contributed by atoms with E-state index in [0.29, 0.717) is 5.92 Å². The summed E-state index contributed by atoms with van der Waals surface area (Å²) < 4.78 is 5.56. The van der Waals surface area contributed by atoms with Gasteiger partial charge in [0, 0.05) is 33.8 Å². The highest BCUT2D eigenvalue weighted by Gasteiger charge is 2.08. The maximum Gasteiger partial charge on any atom is 0.243 e. The van der Waals surface area contributed by atoms with E-state index in [-0.39, 0.29) is 42.5 Å². The first-order chi connectivity index (χ1) is 12.4. The Hall–Kier alpha value is -0.570. The van der Waals surface area contributed by atoms with E-state index in [1.165, 1.54) is 19.3 Å². The second-order valence-corrected chi connectivity index (χ2v) is 7.30. The zero-order valence-electron chi connectivity index (χ0n) is 18.3. The molecule has 0 aliphatic heterocycles. The van der Waals surface area contributed by atoms with Crippen LogP contribution in [-0.4, -0.2) is 63.2 Å². The molecule has 0 aliphatic carbocycles. The quantitative estimate of drug-likeness (QED) is 0.166. The highest BCUT2D eigenvalue weighted by Crippen LogP contribution is 2.11. The fraction of sp³-hybridized carbons (Fsp3) is 0.900. The van der Waals surface area contributed by atoms with Gasteiger partial charge in [-0.15, -0.1) is 24.0 Å². The molecule has 162 valence electrons. The van der Waals surface area contributed by atoms with Crippen molar-refractivity contribution >= 4 is 35.8 Å². The zero-order chi connectivity index (χ0) is 19.8. The lowest BCUT2D eigenvalue weighted by Crippen LogP contribution is -2.41. The molecule has 0 radical (unpaired) electrons. The lowest BCUT2D eigenvalue weighted by Gasteiger charge is -2.18. The van der Waals surface area contributed by atoms with Crippen LogP contribution in [0.2, 0.25) is 0 Å². The second-order valence-electron chi connectivity index (χ2n) is 7.30. The number of hydrogen-bond acceptors (Lipinski definition) is 3. The number of likely N-dealkylation sites (N-methyl/N-ethyl adjacent to an activating group) is 1. The number of hydrogen-bond donors (Lipinski definition) is 2. The molecule has 0 heterocycles. The van der Waals surface area contributed by atoms with Crippen LogP contribution >= 0.6 is 24.0 Å². The van der Waals surface area contributed by atoms with Crippen LogP contribution in [0, 0.1) is 5.92 Å². The number of carbonyl (C=O) groups excluding carboxylic acids is 1. The molecule has 0 aromatic heterocycles. The van der Waals surface area contributed by atoms with Crippen molar-refractivity contribution < 1.29 is 9.53 Å². The molecule has 27 heavy (non-hydrogen) atoms. The van der Waals surface area contributed by atoms with Crippen LogP contribution in [0.3, 0.4) is 0 Å².